The zero-order valence-corrected chi connectivity index (χ0v) is 12.5. The normalized spacial score (nSPS) is 10.6. The van der Waals surface area contributed by atoms with E-state index in [2.05, 4.69) is 10.1 Å². The maximum Gasteiger partial charge on any atom is 0.334 e. The number of hydrogen-bond acceptors (Lipinski definition) is 5. The zero-order valence-electron chi connectivity index (χ0n) is 12.5. The van der Waals surface area contributed by atoms with Crippen molar-refractivity contribution < 1.29 is 4.92 Å². The van der Waals surface area contributed by atoms with Gasteiger partial charge in [-0.05, 0) is 18.6 Å². The van der Waals surface area contributed by atoms with Crippen molar-refractivity contribution in [3.05, 3.63) is 45.9 Å². The van der Waals surface area contributed by atoms with Crippen molar-refractivity contribution in [3.63, 3.8) is 0 Å². The molecule has 0 aliphatic carbocycles. The Labute approximate surface area is 123 Å². The van der Waals surface area contributed by atoms with Gasteiger partial charge in [-0.25, -0.2) is 4.68 Å². The smallest absolute Gasteiger partial charge is 0.334 e. The van der Waals surface area contributed by atoms with Crippen LogP contribution < -0.4 is 4.90 Å². The second kappa shape index (κ2) is 6.34. The first-order valence-corrected chi connectivity index (χ1v) is 6.85. The fourth-order valence-corrected chi connectivity index (χ4v) is 2.35. The Bertz CT molecular complexity index is 624. The molecule has 21 heavy (non-hydrogen) atoms. The molecule has 112 valence electrons. The van der Waals surface area contributed by atoms with Crippen LogP contribution in [0.5, 0.6) is 0 Å². The predicted octanol–water partition coefficient (Wildman–Crippen LogP) is 1.96. The van der Waals surface area contributed by atoms with E-state index in [4.69, 9.17) is 0 Å². The largest absolute Gasteiger partial charge is 0.354 e. The fraction of sp³-hybridized carbons (Fsp3) is 0.429. The Morgan fingerprint density at radius 1 is 1.43 bits per heavy atom. The number of pyridine rings is 1. The number of nitrogens with zero attached hydrogens (tertiary/aromatic N) is 5. The molecule has 0 N–H and O–H groups in total. The van der Waals surface area contributed by atoms with Crippen molar-refractivity contribution in [2.45, 2.75) is 19.8 Å². The predicted molar refractivity (Wildman–Crippen MR) is 80.5 cm³/mol. The third-order valence-electron chi connectivity index (χ3n) is 3.37. The Kier molecular flexibility index (Phi) is 4.52. The van der Waals surface area contributed by atoms with E-state index in [0.29, 0.717) is 24.5 Å². The first-order chi connectivity index (χ1) is 10.0. The molecule has 0 radical (unpaired) electrons. The van der Waals surface area contributed by atoms with E-state index in [1.165, 1.54) is 0 Å². The monoisotopic (exact) mass is 289 g/mol. The summed E-state index contributed by atoms with van der Waals surface area (Å²) in [4.78, 5) is 17.1. The van der Waals surface area contributed by atoms with Crippen LogP contribution in [0.2, 0.25) is 0 Å². The average Bonchev–Trinajstić information content (AvgIpc) is 2.82. The summed E-state index contributed by atoms with van der Waals surface area (Å²) in [6.07, 6.45) is 3.01. The average molecular weight is 289 g/mol. The third kappa shape index (κ3) is 3.18. The highest BCUT2D eigenvalue weighted by molar-refractivity contribution is 5.61. The standard InChI is InChI=1S/C14H19N5O2/c1-4-12-13(19(20)21)14(18(3)16-12)17(2)10-8-11-7-5-6-9-15-11/h5-7,9H,4,8,10H2,1-3H3. The van der Waals surface area contributed by atoms with E-state index < -0.39 is 0 Å². The van der Waals surface area contributed by atoms with Crippen LogP contribution in [0.4, 0.5) is 11.5 Å². The molecule has 0 saturated heterocycles. The summed E-state index contributed by atoms with van der Waals surface area (Å²) in [5.74, 6) is 0.535. The van der Waals surface area contributed by atoms with Crippen LogP contribution >= 0.6 is 0 Å². The molecule has 0 aliphatic heterocycles. The van der Waals surface area contributed by atoms with Gasteiger partial charge in [0.1, 0.15) is 5.69 Å². The molecule has 7 heteroatoms. The number of likely N-dealkylation sites (N-methyl/N-ethyl adjacent to an activating group) is 1. The van der Waals surface area contributed by atoms with Crippen LogP contribution in [0.15, 0.2) is 24.4 Å². The second-order valence-electron chi connectivity index (χ2n) is 4.85. The summed E-state index contributed by atoms with van der Waals surface area (Å²) in [5, 5.41) is 15.6. The Balaban J connectivity index is 2.21. The number of anilines is 1. The Morgan fingerprint density at radius 2 is 2.19 bits per heavy atom. The molecule has 7 nitrogen and oxygen atoms in total. The molecule has 0 amide bonds. The van der Waals surface area contributed by atoms with Crippen LogP contribution in [0, 0.1) is 10.1 Å². The van der Waals surface area contributed by atoms with Gasteiger partial charge >= 0.3 is 5.69 Å². The maximum absolute atomic E-state index is 11.3. The van der Waals surface area contributed by atoms with E-state index in [9.17, 15) is 10.1 Å². The topological polar surface area (TPSA) is 77.1 Å². The molecule has 0 unspecified atom stereocenters. The molecule has 0 bridgehead atoms. The molecule has 0 saturated carbocycles. The van der Waals surface area contributed by atoms with Gasteiger partial charge in [-0.1, -0.05) is 13.0 Å². The van der Waals surface area contributed by atoms with Gasteiger partial charge in [0.25, 0.3) is 0 Å². The van der Waals surface area contributed by atoms with Gasteiger partial charge in [0.05, 0.1) is 4.92 Å². The molecule has 0 atom stereocenters. The van der Waals surface area contributed by atoms with Crippen molar-refractivity contribution in [3.8, 4) is 0 Å². The molecular weight excluding hydrogens is 270 g/mol. The first-order valence-electron chi connectivity index (χ1n) is 6.85. The van der Waals surface area contributed by atoms with E-state index in [1.54, 1.807) is 17.9 Å². The molecule has 0 aliphatic rings. The van der Waals surface area contributed by atoms with E-state index in [0.717, 1.165) is 12.1 Å². The molecule has 2 aromatic rings. The highest BCUT2D eigenvalue weighted by atomic mass is 16.6. The molecule has 0 fully saturated rings. The summed E-state index contributed by atoms with van der Waals surface area (Å²) in [5.41, 5.74) is 1.58. The Hall–Kier alpha value is -2.44. The first kappa shape index (κ1) is 15.0. The van der Waals surface area contributed by atoms with Crippen molar-refractivity contribution in [1.29, 1.82) is 0 Å². The highest BCUT2D eigenvalue weighted by Gasteiger charge is 2.27. The summed E-state index contributed by atoms with van der Waals surface area (Å²) in [7, 11) is 3.57. The van der Waals surface area contributed by atoms with E-state index in [1.807, 2.05) is 37.1 Å². The highest BCUT2D eigenvalue weighted by Crippen LogP contribution is 2.30. The second-order valence-corrected chi connectivity index (χ2v) is 4.85. The molecular formula is C14H19N5O2. The number of nitro groups is 1. The van der Waals surface area contributed by atoms with Crippen LogP contribution in [-0.2, 0) is 19.9 Å². The SMILES string of the molecule is CCc1nn(C)c(N(C)CCc2ccccn2)c1[N+](=O)[O-]. The molecule has 2 heterocycles. The third-order valence-corrected chi connectivity index (χ3v) is 3.37. The van der Waals surface area contributed by atoms with Gasteiger partial charge in [-0.15, -0.1) is 0 Å². The van der Waals surface area contributed by atoms with Crippen molar-refractivity contribution in [2.24, 2.45) is 7.05 Å². The lowest BCUT2D eigenvalue weighted by molar-refractivity contribution is -0.384. The lowest BCUT2D eigenvalue weighted by Gasteiger charge is -2.18. The number of hydrogen-bond donors (Lipinski definition) is 0. The van der Waals surface area contributed by atoms with Gasteiger partial charge in [-0.3, -0.25) is 15.1 Å². The Morgan fingerprint density at radius 3 is 2.76 bits per heavy atom. The number of aromatic nitrogens is 3. The summed E-state index contributed by atoms with van der Waals surface area (Å²) in [6, 6.07) is 5.75. The van der Waals surface area contributed by atoms with Gasteiger partial charge in [0.2, 0.25) is 5.82 Å². The number of rotatable bonds is 6. The quantitative estimate of drug-likeness (QED) is 0.600. The van der Waals surface area contributed by atoms with Crippen molar-refractivity contribution >= 4 is 11.5 Å². The fourth-order valence-electron chi connectivity index (χ4n) is 2.35. The minimum Gasteiger partial charge on any atom is -0.354 e. The van der Waals surface area contributed by atoms with Crippen LogP contribution in [0.25, 0.3) is 0 Å². The van der Waals surface area contributed by atoms with Gasteiger partial charge in [0.15, 0.2) is 0 Å². The molecule has 0 aromatic carbocycles. The minimum absolute atomic E-state index is 0.100. The van der Waals surface area contributed by atoms with Crippen molar-refractivity contribution in [1.82, 2.24) is 14.8 Å². The van der Waals surface area contributed by atoms with Crippen LogP contribution in [-0.4, -0.2) is 33.3 Å². The van der Waals surface area contributed by atoms with Crippen LogP contribution in [0.1, 0.15) is 18.3 Å². The van der Waals surface area contributed by atoms with Gasteiger partial charge in [0, 0.05) is 39.0 Å². The maximum atomic E-state index is 11.3. The molecule has 2 rings (SSSR count). The van der Waals surface area contributed by atoms with Crippen LogP contribution in [0.3, 0.4) is 0 Å². The minimum atomic E-state index is -0.349. The van der Waals surface area contributed by atoms with Gasteiger partial charge < -0.3 is 4.90 Å². The summed E-state index contributed by atoms with van der Waals surface area (Å²) >= 11 is 0. The molecule has 0 spiro atoms. The lowest BCUT2D eigenvalue weighted by atomic mass is 10.2. The lowest BCUT2D eigenvalue weighted by Crippen LogP contribution is -2.23. The van der Waals surface area contributed by atoms with E-state index in [-0.39, 0.29) is 10.6 Å². The zero-order chi connectivity index (χ0) is 15.4. The summed E-state index contributed by atoms with van der Waals surface area (Å²) in [6.45, 7) is 2.51. The molecule has 2 aromatic heterocycles. The van der Waals surface area contributed by atoms with E-state index >= 15 is 0 Å². The van der Waals surface area contributed by atoms with Gasteiger partial charge in [-0.2, -0.15) is 5.10 Å². The van der Waals surface area contributed by atoms with Crippen molar-refractivity contribution in [2.75, 3.05) is 18.5 Å². The number of aryl methyl sites for hydroxylation is 2. The summed E-state index contributed by atoms with van der Waals surface area (Å²) < 4.78 is 1.58.